The molecule has 1 aliphatic rings. The van der Waals surface area contributed by atoms with E-state index in [0.29, 0.717) is 6.10 Å². The van der Waals surface area contributed by atoms with E-state index in [1.165, 1.54) is 11.3 Å². The van der Waals surface area contributed by atoms with Crippen LogP contribution < -0.4 is 0 Å². The molecule has 0 radical (unpaired) electrons. The molecule has 0 aliphatic carbocycles. The number of benzene rings is 1. The first kappa shape index (κ1) is 18.1. The molecule has 1 saturated heterocycles. The van der Waals surface area contributed by atoms with Crippen LogP contribution in [0.2, 0.25) is 0 Å². The van der Waals surface area contributed by atoms with Crippen molar-refractivity contribution < 1.29 is 9.53 Å². The van der Waals surface area contributed by atoms with Crippen molar-refractivity contribution in [2.24, 2.45) is 0 Å². The molecule has 0 saturated carbocycles. The molecule has 0 spiro atoms. The molecule has 1 aromatic heterocycles. The fourth-order valence-electron chi connectivity index (χ4n) is 3.31. The monoisotopic (exact) mass is 358 g/mol. The second-order valence-corrected chi connectivity index (χ2v) is 7.93. The Bertz CT molecular complexity index is 718. The first-order valence-corrected chi connectivity index (χ1v) is 9.78. The Balaban J connectivity index is 1.57. The Morgan fingerprint density at radius 2 is 2.08 bits per heavy atom. The summed E-state index contributed by atoms with van der Waals surface area (Å²) in [5.74, 6) is 0.0797. The van der Waals surface area contributed by atoms with Crippen LogP contribution in [0.25, 0.3) is 10.4 Å². The van der Waals surface area contributed by atoms with Crippen LogP contribution in [0, 0.1) is 13.8 Å². The number of hydrogen-bond donors (Lipinski definition) is 0. The van der Waals surface area contributed by atoms with Crippen molar-refractivity contribution in [3.05, 3.63) is 40.5 Å². The molecule has 25 heavy (non-hydrogen) atoms. The molecule has 0 N–H and O–H groups in total. The molecule has 1 atom stereocenters. The molecule has 2 heterocycles. The predicted octanol–water partition coefficient (Wildman–Crippen LogP) is 4.46. The Kier molecular flexibility index (Phi) is 5.86. The van der Waals surface area contributed by atoms with Gasteiger partial charge < -0.3 is 9.64 Å². The van der Waals surface area contributed by atoms with Crippen molar-refractivity contribution in [1.29, 1.82) is 0 Å². The number of carbonyl (C=O) groups excluding carboxylic acids is 1. The van der Waals surface area contributed by atoms with Crippen molar-refractivity contribution >= 4 is 17.2 Å². The van der Waals surface area contributed by atoms with Gasteiger partial charge in [0.15, 0.2) is 0 Å². The van der Waals surface area contributed by atoms with Crippen molar-refractivity contribution in [1.82, 2.24) is 9.88 Å². The molecule has 134 valence electrons. The standard InChI is InChI=1S/C20H26N2O2S/c1-14-19(25-15(2)21-14)16-8-10-17(11-9-16)20(23)22(3)12-4-6-18-7-5-13-24-18/h8-11,18H,4-7,12-13H2,1-3H3/t18-/m0/s1. The summed E-state index contributed by atoms with van der Waals surface area (Å²) in [6.07, 6.45) is 4.76. The van der Waals surface area contributed by atoms with Gasteiger partial charge in [-0.1, -0.05) is 12.1 Å². The predicted molar refractivity (Wildman–Crippen MR) is 102 cm³/mol. The lowest BCUT2D eigenvalue weighted by Crippen LogP contribution is -2.28. The topological polar surface area (TPSA) is 42.4 Å². The Hall–Kier alpha value is -1.72. The maximum absolute atomic E-state index is 12.6. The lowest BCUT2D eigenvalue weighted by molar-refractivity contribution is 0.0763. The molecular weight excluding hydrogens is 332 g/mol. The third kappa shape index (κ3) is 4.47. The lowest BCUT2D eigenvalue weighted by Gasteiger charge is -2.18. The van der Waals surface area contributed by atoms with Crippen molar-refractivity contribution in [2.75, 3.05) is 20.2 Å². The van der Waals surface area contributed by atoms with Gasteiger partial charge in [-0.05, 0) is 57.2 Å². The molecule has 2 aromatic rings. The molecule has 1 aromatic carbocycles. The van der Waals surface area contributed by atoms with Gasteiger partial charge in [-0.2, -0.15) is 0 Å². The SMILES string of the molecule is Cc1nc(C)c(-c2ccc(C(=O)N(C)CCC[C@H]3CCCO3)cc2)s1. The fourth-order valence-corrected chi connectivity index (χ4v) is 4.24. The van der Waals surface area contributed by atoms with E-state index in [4.69, 9.17) is 4.74 Å². The van der Waals surface area contributed by atoms with Crippen molar-refractivity contribution in [3.8, 4) is 10.4 Å². The van der Waals surface area contributed by atoms with Crippen LogP contribution in [0.5, 0.6) is 0 Å². The summed E-state index contributed by atoms with van der Waals surface area (Å²) in [5.41, 5.74) is 2.91. The number of thiazole rings is 1. The van der Waals surface area contributed by atoms with E-state index >= 15 is 0 Å². The summed E-state index contributed by atoms with van der Waals surface area (Å²) in [4.78, 5) is 20.0. The van der Waals surface area contributed by atoms with E-state index in [-0.39, 0.29) is 5.91 Å². The van der Waals surface area contributed by atoms with Crippen LogP contribution in [0.4, 0.5) is 0 Å². The Morgan fingerprint density at radius 3 is 2.68 bits per heavy atom. The number of carbonyl (C=O) groups is 1. The van der Waals surface area contributed by atoms with Crippen LogP contribution >= 0.6 is 11.3 Å². The van der Waals surface area contributed by atoms with Gasteiger partial charge in [-0.3, -0.25) is 4.79 Å². The number of ether oxygens (including phenoxy) is 1. The smallest absolute Gasteiger partial charge is 0.253 e. The molecule has 1 amide bonds. The van der Waals surface area contributed by atoms with Crippen LogP contribution in [0.15, 0.2) is 24.3 Å². The highest BCUT2D eigenvalue weighted by Crippen LogP contribution is 2.29. The summed E-state index contributed by atoms with van der Waals surface area (Å²) in [7, 11) is 1.88. The summed E-state index contributed by atoms with van der Waals surface area (Å²) in [6, 6.07) is 7.88. The molecular formula is C20H26N2O2S. The van der Waals surface area contributed by atoms with Crippen LogP contribution in [0.1, 0.15) is 46.7 Å². The van der Waals surface area contributed by atoms with Gasteiger partial charge in [-0.25, -0.2) is 4.98 Å². The van der Waals surface area contributed by atoms with E-state index in [0.717, 1.165) is 54.2 Å². The third-order valence-electron chi connectivity index (χ3n) is 4.69. The molecule has 0 unspecified atom stereocenters. The second-order valence-electron chi connectivity index (χ2n) is 6.73. The average Bonchev–Trinajstić information content (AvgIpc) is 3.23. The normalized spacial score (nSPS) is 17.0. The zero-order valence-electron chi connectivity index (χ0n) is 15.2. The highest BCUT2D eigenvalue weighted by molar-refractivity contribution is 7.15. The number of amides is 1. The van der Waals surface area contributed by atoms with E-state index in [1.807, 2.05) is 50.1 Å². The summed E-state index contributed by atoms with van der Waals surface area (Å²) in [6.45, 7) is 5.71. The molecule has 0 bridgehead atoms. The largest absolute Gasteiger partial charge is 0.378 e. The van der Waals surface area contributed by atoms with E-state index in [1.54, 1.807) is 11.3 Å². The minimum absolute atomic E-state index is 0.0797. The van der Waals surface area contributed by atoms with Gasteiger partial charge >= 0.3 is 0 Å². The van der Waals surface area contributed by atoms with Crippen LogP contribution in [-0.2, 0) is 4.74 Å². The van der Waals surface area contributed by atoms with Crippen molar-refractivity contribution in [3.63, 3.8) is 0 Å². The molecule has 4 nitrogen and oxygen atoms in total. The minimum atomic E-state index is 0.0797. The number of hydrogen-bond acceptors (Lipinski definition) is 4. The van der Waals surface area contributed by atoms with Gasteiger partial charge in [0, 0.05) is 25.8 Å². The molecule has 3 rings (SSSR count). The molecule has 1 aliphatic heterocycles. The molecule has 5 heteroatoms. The van der Waals surface area contributed by atoms with E-state index in [2.05, 4.69) is 4.98 Å². The van der Waals surface area contributed by atoms with Crippen LogP contribution in [-0.4, -0.2) is 42.1 Å². The Labute approximate surface area is 153 Å². The van der Waals surface area contributed by atoms with Gasteiger partial charge in [0.05, 0.1) is 21.7 Å². The number of aryl methyl sites for hydroxylation is 2. The number of nitrogens with zero attached hydrogens (tertiary/aromatic N) is 2. The summed E-state index contributed by atoms with van der Waals surface area (Å²) < 4.78 is 5.64. The number of rotatable bonds is 6. The zero-order valence-corrected chi connectivity index (χ0v) is 16.1. The van der Waals surface area contributed by atoms with Gasteiger partial charge in [0.25, 0.3) is 5.91 Å². The Morgan fingerprint density at radius 1 is 1.32 bits per heavy atom. The quantitative estimate of drug-likeness (QED) is 0.766. The summed E-state index contributed by atoms with van der Waals surface area (Å²) in [5, 5.41) is 1.07. The molecule has 1 fully saturated rings. The second kappa shape index (κ2) is 8.11. The van der Waals surface area contributed by atoms with Gasteiger partial charge in [-0.15, -0.1) is 11.3 Å². The maximum atomic E-state index is 12.6. The first-order valence-electron chi connectivity index (χ1n) is 8.96. The average molecular weight is 359 g/mol. The third-order valence-corrected chi connectivity index (χ3v) is 5.81. The van der Waals surface area contributed by atoms with E-state index < -0.39 is 0 Å². The van der Waals surface area contributed by atoms with Crippen molar-refractivity contribution in [2.45, 2.75) is 45.6 Å². The first-order chi connectivity index (χ1) is 12.0. The highest BCUT2D eigenvalue weighted by Gasteiger charge is 2.17. The zero-order chi connectivity index (χ0) is 17.8. The maximum Gasteiger partial charge on any atom is 0.253 e. The highest BCUT2D eigenvalue weighted by atomic mass is 32.1. The fraction of sp³-hybridized carbons (Fsp3) is 0.500. The van der Waals surface area contributed by atoms with Crippen LogP contribution in [0.3, 0.4) is 0 Å². The van der Waals surface area contributed by atoms with E-state index in [9.17, 15) is 4.79 Å². The van der Waals surface area contributed by atoms with Gasteiger partial charge in [0.2, 0.25) is 0 Å². The number of aromatic nitrogens is 1. The minimum Gasteiger partial charge on any atom is -0.378 e. The summed E-state index contributed by atoms with van der Waals surface area (Å²) >= 11 is 1.69. The van der Waals surface area contributed by atoms with Gasteiger partial charge in [0.1, 0.15) is 0 Å². The lowest BCUT2D eigenvalue weighted by atomic mass is 10.1.